The van der Waals surface area contributed by atoms with Crippen LogP contribution in [-0.4, -0.2) is 42.9 Å². The summed E-state index contributed by atoms with van der Waals surface area (Å²) >= 11 is 0. The van der Waals surface area contributed by atoms with E-state index in [1.165, 1.54) is 14.0 Å². The number of methoxy groups -OCH3 is 1. The third-order valence-electron chi connectivity index (χ3n) is 1.39. The number of carboxylic acid groups (broad SMARTS) is 1. The number of nitrogens with two attached hydrogens (primary N) is 2. The fourth-order valence-corrected chi connectivity index (χ4v) is 0.660. The molecule has 0 aliphatic carbocycles. The molecule has 0 saturated heterocycles. The van der Waals surface area contributed by atoms with E-state index in [1.54, 1.807) is 0 Å². The lowest BCUT2D eigenvalue weighted by molar-refractivity contribution is -0.140. The largest absolute Gasteiger partial charge is 0.480 e. The summed E-state index contributed by atoms with van der Waals surface area (Å²) in [6, 6.07) is -1.12. The van der Waals surface area contributed by atoms with Gasteiger partial charge in [-0.1, -0.05) is 0 Å². The van der Waals surface area contributed by atoms with Crippen molar-refractivity contribution in [3.05, 3.63) is 0 Å². The lowest BCUT2D eigenvalue weighted by Crippen LogP contribution is -2.40. The molecular weight excluding hydrogens is 207 g/mol. The molecule has 0 aromatic carbocycles. The lowest BCUT2D eigenvalue weighted by atomic mass is 10.1. The smallest absolute Gasteiger partial charge is 0.320 e. The number of alkyl halides is 1. The second kappa shape index (κ2) is 9.35. The molecule has 0 spiro atoms. The molecule has 0 aromatic rings. The molecular formula is C8H17FN2O4. The molecule has 0 aliphatic heterocycles. The average Bonchev–Trinajstić information content (AvgIpc) is 2.14. The maximum absolute atomic E-state index is 10.5. The van der Waals surface area contributed by atoms with E-state index in [4.69, 9.17) is 16.6 Å². The molecule has 0 aliphatic rings. The van der Waals surface area contributed by atoms with Gasteiger partial charge < -0.3 is 21.3 Å². The first-order valence-electron chi connectivity index (χ1n) is 4.27. The quantitative estimate of drug-likeness (QED) is 0.569. The van der Waals surface area contributed by atoms with Crippen LogP contribution >= 0.6 is 0 Å². The minimum absolute atomic E-state index is 0.110. The second-order valence-electron chi connectivity index (χ2n) is 2.57. The normalized spacial score (nSPS) is 13.3. The summed E-state index contributed by atoms with van der Waals surface area (Å²) in [6.07, 6.45) is -1.04. The zero-order chi connectivity index (χ0) is 12.4. The summed E-state index contributed by atoms with van der Waals surface area (Å²) in [6.45, 7) is 1.21. The minimum atomic E-state index is -1.18. The molecule has 2 unspecified atom stereocenters. The predicted octanol–water partition coefficient (Wildman–Crippen LogP) is -0.735. The zero-order valence-electron chi connectivity index (χ0n) is 8.77. The van der Waals surface area contributed by atoms with Crippen LogP contribution in [0.25, 0.3) is 0 Å². The summed E-state index contributed by atoms with van der Waals surface area (Å²) < 4.78 is 14.9. The molecule has 7 heteroatoms. The number of carbonyl (C=O) groups is 2. The van der Waals surface area contributed by atoms with Gasteiger partial charge in [-0.05, 0) is 6.92 Å². The molecule has 90 valence electrons. The highest BCUT2D eigenvalue weighted by molar-refractivity contribution is 5.80. The Bertz CT molecular complexity index is 201. The average molecular weight is 224 g/mol. The second-order valence-corrected chi connectivity index (χ2v) is 2.57. The van der Waals surface area contributed by atoms with Crippen LogP contribution in [-0.2, 0) is 14.3 Å². The Balaban J connectivity index is 0. The fraction of sp³-hybridized carbons (Fsp3) is 0.750. The first-order valence-corrected chi connectivity index (χ1v) is 4.27. The van der Waals surface area contributed by atoms with Gasteiger partial charge in [-0.25, -0.2) is 0 Å². The number of rotatable bonds is 5. The van der Waals surface area contributed by atoms with Crippen molar-refractivity contribution in [3.63, 3.8) is 0 Å². The number of hydrogen-bond acceptors (Lipinski definition) is 4. The fourth-order valence-electron chi connectivity index (χ4n) is 0.660. The molecule has 0 radical (unpaired) electrons. The van der Waals surface area contributed by atoms with Gasteiger partial charge in [0.1, 0.15) is 12.1 Å². The van der Waals surface area contributed by atoms with Crippen LogP contribution in [0.5, 0.6) is 0 Å². The molecule has 0 heterocycles. The minimum Gasteiger partial charge on any atom is -0.480 e. The molecule has 6 nitrogen and oxygen atoms in total. The Morgan fingerprint density at radius 3 is 2.13 bits per heavy atom. The highest BCUT2D eigenvalue weighted by Gasteiger charge is 2.22. The van der Waals surface area contributed by atoms with Crippen LogP contribution < -0.4 is 11.5 Å². The van der Waals surface area contributed by atoms with E-state index in [2.05, 4.69) is 4.74 Å². The van der Waals surface area contributed by atoms with E-state index in [-0.39, 0.29) is 13.1 Å². The van der Waals surface area contributed by atoms with Gasteiger partial charge in [0.25, 0.3) is 0 Å². The van der Waals surface area contributed by atoms with E-state index in [0.717, 1.165) is 0 Å². The maximum atomic E-state index is 10.5. The van der Waals surface area contributed by atoms with Crippen molar-refractivity contribution in [1.29, 1.82) is 0 Å². The SMILES string of the molecule is CCF.COC(CC(N)C(=O)O)C(N)=O. The van der Waals surface area contributed by atoms with Crippen molar-refractivity contribution in [1.82, 2.24) is 0 Å². The maximum Gasteiger partial charge on any atom is 0.320 e. The number of halogens is 1. The van der Waals surface area contributed by atoms with E-state index in [9.17, 15) is 14.0 Å². The Morgan fingerprint density at radius 1 is 1.53 bits per heavy atom. The highest BCUT2D eigenvalue weighted by atomic mass is 19.1. The van der Waals surface area contributed by atoms with E-state index in [0.29, 0.717) is 0 Å². The molecule has 15 heavy (non-hydrogen) atoms. The molecule has 0 aromatic heterocycles. The topological polar surface area (TPSA) is 116 Å². The highest BCUT2D eigenvalue weighted by Crippen LogP contribution is 1.99. The Morgan fingerprint density at radius 2 is 1.93 bits per heavy atom. The van der Waals surface area contributed by atoms with Gasteiger partial charge in [0.15, 0.2) is 0 Å². The first-order chi connectivity index (χ1) is 6.90. The van der Waals surface area contributed by atoms with Crippen LogP contribution in [0.15, 0.2) is 0 Å². The molecule has 0 rings (SSSR count). The van der Waals surface area contributed by atoms with Gasteiger partial charge in [0.2, 0.25) is 5.91 Å². The van der Waals surface area contributed by atoms with Crippen LogP contribution in [0.3, 0.4) is 0 Å². The van der Waals surface area contributed by atoms with Gasteiger partial charge >= 0.3 is 5.97 Å². The molecule has 0 bridgehead atoms. The van der Waals surface area contributed by atoms with Crippen LogP contribution in [0.2, 0.25) is 0 Å². The number of primary amides is 1. The Labute approximate surface area is 87.4 Å². The third-order valence-corrected chi connectivity index (χ3v) is 1.39. The lowest BCUT2D eigenvalue weighted by Gasteiger charge is -2.13. The number of amides is 1. The van der Waals surface area contributed by atoms with Gasteiger partial charge in [0, 0.05) is 13.5 Å². The first kappa shape index (κ1) is 16.2. The summed E-state index contributed by atoms with van der Waals surface area (Å²) in [4.78, 5) is 20.8. The summed E-state index contributed by atoms with van der Waals surface area (Å²) in [7, 11) is 1.27. The van der Waals surface area contributed by atoms with Crippen LogP contribution in [0.1, 0.15) is 13.3 Å². The molecule has 0 fully saturated rings. The third kappa shape index (κ3) is 9.10. The van der Waals surface area contributed by atoms with Crippen molar-refractivity contribution >= 4 is 11.9 Å². The molecule has 5 N–H and O–H groups in total. The summed E-state index contributed by atoms with van der Waals surface area (Å²) in [5.74, 6) is -1.90. The summed E-state index contributed by atoms with van der Waals surface area (Å²) in [5.41, 5.74) is 10.0. The summed E-state index contributed by atoms with van der Waals surface area (Å²) in [5, 5.41) is 8.38. The van der Waals surface area contributed by atoms with E-state index < -0.39 is 24.0 Å². The van der Waals surface area contributed by atoms with Crippen molar-refractivity contribution in [2.24, 2.45) is 11.5 Å². The molecule has 2 atom stereocenters. The van der Waals surface area contributed by atoms with Crippen LogP contribution in [0.4, 0.5) is 4.39 Å². The van der Waals surface area contributed by atoms with Crippen molar-refractivity contribution < 1.29 is 23.8 Å². The zero-order valence-corrected chi connectivity index (χ0v) is 8.77. The molecule has 1 amide bonds. The Kier molecular flexibility index (Phi) is 10.1. The number of ether oxygens (including phenoxy) is 1. The van der Waals surface area contributed by atoms with Gasteiger partial charge in [-0.2, -0.15) is 0 Å². The van der Waals surface area contributed by atoms with Crippen molar-refractivity contribution in [2.75, 3.05) is 13.8 Å². The number of carbonyl (C=O) groups excluding carboxylic acids is 1. The van der Waals surface area contributed by atoms with Crippen molar-refractivity contribution in [3.8, 4) is 0 Å². The van der Waals surface area contributed by atoms with E-state index in [1.807, 2.05) is 0 Å². The Hall–Kier alpha value is -1.21. The molecule has 0 saturated carbocycles. The van der Waals surface area contributed by atoms with Gasteiger partial charge in [0.05, 0.1) is 6.67 Å². The van der Waals surface area contributed by atoms with Crippen molar-refractivity contribution in [2.45, 2.75) is 25.5 Å². The van der Waals surface area contributed by atoms with Crippen LogP contribution in [0, 0.1) is 0 Å². The predicted molar refractivity (Wildman–Crippen MR) is 51.9 cm³/mol. The van der Waals surface area contributed by atoms with E-state index >= 15 is 0 Å². The standard InChI is InChI=1S/C6H12N2O4.C2H5F/c1-12-4(5(8)9)2-3(7)6(10)11;1-2-3/h3-4H,2,7H2,1H3,(H2,8,9)(H,10,11);2H2,1H3. The van der Waals surface area contributed by atoms with Gasteiger partial charge in [-0.15, -0.1) is 0 Å². The number of hydrogen-bond donors (Lipinski definition) is 3. The number of aliphatic carboxylic acids is 1. The number of carboxylic acids is 1. The monoisotopic (exact) mass is 224 g/mol. The van der Waals surface area contributed by atoms with Gasteiger partial charge in [-0.3, -0.25) is 14.0 Å².